The summed E-state index contributed by atoms with van der Waals surface area (Å²) in [7, 11) is 0. The summed E-state index contributed by atoms with van der Waals surface area (Å²) in [5, 5.41) is 39.8. The van der Waals surface area contributed by atoms with Gasteiger partial charge in [0, 0.05) is 12.8 Å². The standard InChI is InChI=1S/C38H68O10/c1-3-5-7-9-11-13-15-16-17-19-21-23-25-27-34(41)47-31(30-46-38-37(44)36(43)35(42)32(28-39)48-38)29-45-33(40)26-24-22-20-18-14-12-10-8-6-4-2/h16-17,21,23,31-32,35-39,42-44H,3-15,18-20,22,24-30H2,1-2H3/b17-16+,23-21+/t31?,32-,35+,36?,37?,38-/m1/s1. The number of hydrogen-bond donors (Lipinski definition) is 4. The molecule has 0 aromatic heterocycles. The number of unbranched alkanes of at least 4 members (excludes halogenated alkanes) is 15. The van der Waals surface area contributed by atoms with Crippen molar-refractivity contribution >= 4 is 11.9 Å². The molecule has 1 saturated heterocycles. The van der Waals surface area contributed by atoms with Gasteiger partial charge in [-0.2, -0.15) is 0 Å². The molecule has 6 atom stereocenters. The van der Waals surface area contributed by atoms with Crippen LogP contribution < -0.4 is 0 Å². The molecule has 1 aliphatic rings. The lowest BCUT2D eigenvalue weighted by Crippen LogP contribution is -2.59. The van der Waals surface area contributed by atoms with E-state index in [4.69, 9.17) is 18.9 Å². The Labute approximate surface area is 290 Å². The first-order chi connectivity index (χ1) is 23.3. The zero-order chi connectivity index (χ0) is 35.2. The van der Waals surface area contributed by atoms with Crippen molar-refractivity contribution in [3.8, 4) is 0 Å². The summed E-state index contributed by atoms with van der Waals surface area (Å²) >= 11 is 0. The fraction of sp³-hybridized carbons (Fsp3) is 0.842. The highest BCUT2D eigenvalue weighted by Crippen LogP contribution is 2.22. The first-order valence-corrected chi connectivity index (χ1v) is 18.9. The van der Waals surface area contributed by atoms with Gasteiger partial charge in [0.2, 0.25) is 0 Å². The maximum atomic E-state index is 12.6. The SMILES string of the molecule is CCCCCCCC/C=C/C/C=C/CCC(=O)OC(COC(=O)CCCCCCCCCCCC)CO[C@@H]1O[C@H](CO)[C@H](O)C(O)C1O. The second-order valence-electron chi connectivity index (χ2n) is 13.0. The van der Waals surface area contributed by atoms with Crippen LogP contribution in [0.5, 0.6) is 0 Å². The van der Waals surface area contributed by atoms with Crippen LogP contribution in [0, 0.1) is 0 Å². The van der Waals surface area contributed by atoms with E-state index in [2.05, 4.69) is 26.0 Å². The Balaban J connectivity index is 2.46. The number of hydrogen-bond acceptors (Lipinski definition) is 10. The van der Waals surface area contributed by atoms with Gasteiger partial charge in [0.15, 0.2) is 12.4 Å². The third-order valence-electron chi connectivity index (χ3n) is 8.60. The summed E-state index contributed by atoms with van der Waals surface area (Å²) in [5.74, 6) is -0.887. The number of carbonyl (C=O) groups is 2. The van der Waals surface area contributed by atoms with Crippen LogP contribution in [0.25, 0.3) is 0 Å². The molecule has 0 saturated carbocycles. The van der Waals surface area contributed by atoms with Crippen molar-refractivity contribution in [3.63, 3.8) is 0 Å². The van der Waals surface area contributed by atoms with Gasteiger partial charge in [0.1, 0.15) is 31.0 Å². The molecule has 0 aliphatic carbocycles. The number of allylic oxidation sites excluding steroid dienone is 4. The van der Waals surface area contributed by atoms with Gasteiger partial charge in [-0.15, -0.1) is 0 Å². The minimum Gasteiger partial charge on any atom is -0.462 e. The van der Waals surface area contributed by atoms with Crippen LogP contribution in [0.1, 0.15) is 149 Å². The lowest BCUT2D eigenvalue weighted by Gasteiger charge is -2.39. The van der Waals surface area contributed by atoms with E-state index in [9.17, 15) is 30.0 Å². The topological polar surface area (TPSA) is 152 Å². The molecule has 1 heterocycles. The lowest BCUT2D eigenvalue weighted by molar-refractivity contribution is -0.305. The van der Waals surface area contributed by atoms with Gasteiger partial charge in [-0.3, -0.25) is 9.59 Å². The summed E-state index contributed by atoms with van der Waals surface area (Å²) in [6, 6.07) is 0. The van der Waals surface area contributed by atoms with Crippen LogP contribution >= 0.6 is 0 Å². The molecule has 0 bridgehead atoms. The maximum Gasteiger partial charge on any atom is 0.306 e. The summed E-state index contributed by atoms with van der Waals surface area (Å²) in [4.78, 5) is 25.1. The summed E-state index contributed by atoms with van der Waals surface area (Å²) in [6.07, 6.45) is 22.1. The van der Waals surface area contributed by atoms with Crippen molar-refractivity contribution in [2.24, 2.45) is 0 Å². The van der Waals surface area contributed by atoms with Gasteiger partial charge in [0.05, 0.1) is 13.2 Å². The molecule has 0 aromatic carbocycles. The molecule has 1 aliphatic heterocycles. The minimum absolute atomic E-state index is 0.126. The van der Waals surface area contributed by atoms with E-state index in [0.29, 0.717) is 6.42 Å². The van der Waals surface area contributed by atoms with Crippen molar-refractivity contribution in [2.45, 2.75) is 185 Å². The lowest BCUT2D eigenvalue weighted by atomic mass is 9.99. The minimum atomic E-state index is -1.60. The molecule has 10 nitrogen and oxygen atoms in total. The summed E-state index contributed by atoms with van der Waals surface area (Å²) < 4.78 is 21.9. The Morgan fingerprint density at radius 2 is 1.21 bits per heavy atom. The Morgan fingerprint density at radius 1 is 0.646 bits per heavy atom. The molecule has 280 valence electrons. The first kappa shape index (κ1) is 44.2. The molecule has 48 heavy (non-hydrogen) atoms. The number of carbonyl (C=O) groups excluding carboxylic acids is 2. The van der Waals surface area contributed by atoms with Crippen molar-refractivity contribution in [1.29, 1.82) is 0 Å². The molecule has 0 amide bonds. The predicted molar refractivity (Wildman–Crippen MR) is 187 cm³/mol. The molecule has 0 spiro atoms. The molecular formula is C38H68O10. The Kier molecular flexibility index (Phi) is 27.7. The molecule has 1 rings (SSSR count). The van der Waals surface area contributed by atoms with Crippen LogP contribution in [0.15, 0.2) is 24.3 Å². The first-order valence-electron chi connectivity index (χ1n) is 18.9. The second kappa shape index (κ2) is 30.0. The van der Waals surface area contributed by atoms with E-state index < -0.39 is 55.4 Å². The fourth-order valence-corrected chi connectivity index (χ4v) is 5.53. The summed E-state index contributed by atoms with van der Waals surface area (Å²) in [6.45, 7) is 3.32. The van der Waals surface area contributed by atoms with E-state index in [0.717, 1.165) is 32.1 Å². The third-order valence-corrected chi connectivity index (χ3v) is 8.60. The predicted octanol–water partition coefficient (Wildman–Crippen LogP) is 6.60. The molecular weight excluding hydrogens is 616 g/mol. The second-order valence-corrected chi connectivity index (χ2v) is 13.0. The number of esters is 2. The van der Waals surface area contributed by atoms with Crippen LogP contribution in [-0.4, -0.2) is 89.0 Å². The molecule has 10 heteroatoms. The highest BCUT2D eigenvalue weighted by Gasteiger charge is 2.44. The highest BCUT2D eigenvalue weighted by molar-refractivity contribution is 5.70. The molecule has 3 unspecified atom stereocenters. The van der Waals surface area contributed by atoms with Crippen molar-refractivity contribution < 1.29 is 49.0 Å². The highest BCUT2D eigenvalue weighted by atomic mass is 16.7. The summed E-state index contributed by atoms with van der Waals surface area (Å²) in [5.41, 5.74) is 0. The normalized spacial score (nSPS) is 22.0. The van der Waals surface area contributed by atoms with Gasteiger partial charge >= 0.3 is 11.9 Å². The number of aliphatic hydroxyl groups excluding tert-OH is 4. The third kappa shape index (κ3) is 22.0. The van der Waals surface area contributed by atoms with Gasteiger partial charge in [-0.25, -0.2) is 0 Å². The average molecular weight is 685 g/mol. The monoisotopic (exact) mass is 684 g/mol. The Morgan fingerprint density at radius 3 is 1.81 bits per heavy atom. The van der Waals surface area contributed by atoms with Gasteiger partial charge < -0.3 is 39.4 Å². The molecule has 0 radical (unpaired) electrons. The van der Waals surface area contributed by atoms with Gasteiger partial charge in [-0.1, -0.05) is 128 Å². The molecule has 0 aromatic rings. The Hall–Kier alpha value is -1.82. The van der Waals surface area contributed by atoms with E-state index in [1.54, 1.807) is 0 Å². The van der Waals surface area contributed by atoms with E-state index in [1.165, 1.54) is 83.5 Å². The van der Waals surface area contributed by atoms with Crippen LogP contribution in [0.3, 0.4) is 0 Å². The molecule has 4 N–H and O–H groups in total. The maximum absolute atomic E-state index is 12.6. The van der Waals surface area contributed by atoms with E-state index in [1.807, 2.05) is 12.2 Å². The van der Waals surface area contributed by atoms with E-state index in [-0.39, 0.29) is 26.1 Å². The number of ether oxygens (including phenoxy) is 4. The van der Waals surface area contributed by atoms with Crippen molar-refractivity contribution in [2.75, 3.05) is 19.8 Å². The number of rotatable bonds is 30. The molecule has 1 fully saturated rings. The quantitative estimate of drug-likeness (QED) is 0.0370. The van der Waals surface area contributed by atoms with Crippen LogP contribution in [0.2, 0.25) is 0 Å². The fourth-order valence-electron chi connectivity index (χ4n) is 5.53. The Bertz CT molecular complexity index is 845. The van der Waals surface area contributed by atoms with Gasteiger partial charge in [-0.05, 0) is 32.1 Å². The van der Waals surface area contributed by atoms with Crippen LogP contribution in [-0.2, 0) is 28.5 Å². The zero-order valence-corrected chi connectivity index (χ0v) is 30.0. The van der Waals surface area contributed by atoms with Crippen molar-refractivity contribution in [1.82, 2.24) is 0 Å². The largest absolute Gasteiger partial charge is 0.462 e. The smallest absolute Gasteiger partial charge is 0.306 e. The average Bonchev–Trinajstić information content (AvgIpc) is 3.08. The van der Waals surface area contributed by atoms with Crippen LogP contribution in [0.4, 0.5) is 0 Å². The van der Waals surface area contributed by atoms with Gasteiger partial charge in [0.25, 0.3) is 0 Å². The number of aliphatic hydroxyl groups is 4. The zero-order valence-electron chi connectivity index (χ0n) is 30.0. The van der Waals surface area contributed by atoms with E-state index >= 15 is 0 Å². The van der Waals surface area contributed by atoms with Crippen molar-refractivity contribution in [3.05, 3.63) is 24.3 Å².